The number of aromatic nitrogens is 2. The van der Waals surface area contributed by atoms with Gasteiger partial charge < -0.3 is 5.32 Å². The number of benzene rings is 1. The van der Waals surface area contributed by atoms with E-state index in [1.807, 2.05) is 6.92 Å². The lowest BCUT2D eigenvalue weighted by atomic mass is 10.3. The normalized spacial score (nSPS) is 11.8. The Labute approximate surface area is 129 Å². The Morgan fingerprint density at radius 3 is 2.68 bits per heavy atom. The van der Waals surface area contributed by atoms with Crippen LogP contribution >= 0.6 is 0 Å². The van der Waals surface area contributed by atoms with E-state index in [2.05, 4.69) is 15.1 Å². The van der Waals surface area contributed by atoms with Gasteiger partial charge in [-0.1, -0.05) is 0 Å². The van der Waals surface area contributed by atoms with Crippen molar-refractivity contribution in [2.24, 2.45) is 0 Å². The van der Waals surface area contributed by atoms with E-state index in [1.54, 1.807) is 19.4 Å². The van der Waals surface area contributed by atoms with Crippen molar-refractivity contribution in [1.82, 2.24) is 19.8 Å². The third-order valence-corrected chi connectivity index (χ3v) is 4.54. The first-order chi connectivity index (χ1) is 10.4. The molecule has 6 nitrogen and oxygen atoms in total. The van der Waals surface area contributed by atoms with E-state index >= 15 is 0 Å². The Kier molecular flexibility index (Phi) is 5.28. The minimum absolute atomic E-state index is 0.0953. The van der Waals surface area contributed by atoms with Gasteiger partial charge in [-0.25, -0.2) is 22.2 Å². The molecule has 1 heterocycles. The van der Waals surface area contributed by atoms with Crippen molar-refractivity contribution in [3.05, 3.63) is 42.0 Å². The second kappa shape index (κ2) is 6.99. The summed E-state index contributed by atoms with van der Waals surface area (Å²) < 4.78 is 42.1. The van der Waals surface area contributed by atoms with Crippen LogP contribution in [0.1, 0.15) is 12.0 Å². The standard InChI is InChI=1S/C14H19FN4O2S/c1-11-9-17-19(10-11)14-5-4-12(8-13(14)15)22(20,21)18-7-3-6-16-2/h4-5,8-10,16,18H,3,6-7H2,1-2H3. The fourth-order valence-electron chi connectivity index (χ4n) is 1.94. The Morgan fingerprint density at radius 1 is 1.32 bits per heavy atom. The van der Waals surface area contributed by atoms with Crippen LogP contribution in [0.2, 0.25) is 0 Å². The van der Waals surface area contributed by atoms with Gasteiger partial charge in [0.2, 0.25) is 10.0 Å². The molecular weight excluding hydrogens is 307 g/mol. The van der Waals surface area contributed by atoms with E-state index in [1.165, 1.54) is 16.8 Å². The quantitative estimate of drug-likeness (QED) is 0.750. The zero-order valence-corrected chi connectivity index (χ0v) is 13.3. The summed E-state index contributed by atoms with van der Waals surface area (Å²) in [6, 6.07) is 3.78. The fourth-order valence-corrected chi connectivity index (χ4v) is 3.03. The van der Waals surface area contributed by atoms with E-state index in [-0.39, 0.29) is 10.6 Å². The SMILES string of the molecule is CNCCCNS(=O)(=O)c1ccc(-n2cc(C)cn2)c(F)c1. The highest BCUT2D eigenvalue weighted by atomic mass is 32.2. The first kappa shape index (κ1) is 16.6. The van der Waals surface area contributed by atoms with Crippen molar-refractivity contribution < 1.29 is 12.8 Å². The second-order valence-corrected chi connectivity index (χ2v) is 6.70. The number of nitrogens with one attached hydrogen (secondary N) is 2. The molecule has 0 radical (unpaired) electrons. The highest BCUT2D eigenvalue weighted by molar-refractivity contribution is 7.89. The average molecular weight is 326 g/mol. The number of halogens is 1. The first-order valence-corrected chi connectivity index (χ1v) is 8.38. The van der Waals surface area contributed by atoms with Crippen LogP contribution in [0.3, 0.4) is 0 Å². The van der Waals surface area contributed by atoms with Crippen LogP contribution in [0, 0.1) is 12.7 Å². The van der Waals surface area contributed by atoms with Gasteiger partial charge in [-0.2, -0.15) is 5.10 Å². The lowest BCUT2D eigenvalue weighted by molar-refractivity contribution is 0.572. The Bertz CT molecular complexity index is 743. The monoisotopic (exact) mass is 326 g/mol. The number of hydrogen-bond donors (Lipinski definition) is 2. The summed E-state index contributed by atoms with van der Waals surface area (Å²) in [6.45, 7) is 2.84. The van der Waals surface area contributed by atoms with Gasteiger partial charge >= 0.3 is 0 Å². The molecule has 1 aromatic carbocycles. The summed E-state index contributed by atoms with van der Waals surface area (Å²) in [5.74, 6) is -0.638. The molecule has 0 fully saturated rings. The first-order valence-electron chi connectivity index (χ1n) is 6.89. The van der Waals surface area contributed by atoms with Gasteiger partial charge in [0, 0.05) is 12.7 Å². The Balaban J connectivity index is 2.18. The molecule has 0 saturated heterocycles. The molecule has 0 aliphatic heterocycles. The lowest BCUT2D eigenvalue weighted by Crippen LogP contribution is -2.27. The summed E-state index contributed by atoms with van der Waals surface area (Å²) in [5, 5.41) is 6.94. The van der Waals surface area contributed by atoms with Crippen molar-refractivity contribution in [1.29, 1.82) is 0 Å². The summed E-state index contributed by atoms with van der Waals surface area (Å²) in [4.78, 5) is -0.0953. The van der Waals surface area contributed by atoms with Crippen molar-refractivity contribution in [2.75, 3.05) is 20.1 Å². The molecule has 0 atom stereocenters. The largest absolute Gasteiger partial charge is 0.320 e. The molecule has 2 rings (SSSR count). The van der Waals surface area contributed by atoms with Crippen LogP contribution in [0.5, 0.6) is 0 Å². The molecule has 22 heavy (non-hydrogen) atoms. The summed E-state index contributed by atoms with van der Waals surface area (Å²) in [5.41, 5.74) is 1.10. The Morgan fingerprint density at radius 2 is 2.09 bits per heavy atom. The maximum Gasteiger partial charge on any atom is 0.240 e. The molecule has 0 bridgehead atoms. The molecule has 0 amide bonds. The number of hydrogen-bond acceptors (Lipinski definition) is 4. The van der Waals surface area contributed by atoms with Gasteiger partial charge in [-0.05, 0) is 50.7 Å². The van der Waals surface area contributed by atoms with E-state index in [0.29, 0.717) is 19.5 Å². The average Bonchev–Trinajstić information content (AvgIpc) is 2.90. The van der Waals surface area contributed by atoms with Crippen molar-refractivity contribution >= 4 is 10.0 Å². The maximum absolute atomic E-state index is 14.2. The molecule has 0 aliphatic rings. The molecule has 120 valence electrons. The predicted molar refractivity (Wildman–Crippen MR) is 82.0 cm³/mol. The van der Waals surface area contributed by atoms with E-state index in [4.69, 9.17) is 0 Å². The van der Waals surface area contributed by atoms with Crippen LogP contribution in [-0.4, -0.2) is 38.3 Å². The third kappa shape index (κ3) is 3.90. The van der Waals surface area contributed by atoms with Crippen molar-refractivity contribution in [2.45, 2.75) is 18.2 Å². The summed E-state index contributed by atoms with van der Waals surface area (Å²) in [6.07, 6.45) is 3.93. The van der Waals surface area contributed by atoms with Gasteiger partial charge in [-0.3, -0.25) is 0 Å². The van der Waals surface area contributed by atoms with E-state index < -0.39 is 15.8 Å². The fraction of sp³-hybridized carbons (Fsp3) is 0.357. The molecule has 2 aromatic rings. The third-order valence-electron chi connectivity index (χ3n) is 3.08. The lowest BCUT2D eigenvalue weighted by Gasteiger charge is -2.09. The molecule has 1 aromatic heterocycles. The van der Waals surface area contributed by atoms with Crippen LogP contribution < -0.4 is 10.0 Å². The number of aryl methyl sites for hydroxylation is 1. The number of sulfonamides is 1. The zero-order valence-electron chi connectivity index (χ0n) is 12.5. The smallest absolute Gasteiger partial charge is 0.240 e. The minimum atomic E-state index is -3.70. The molecular formula is C14H19FN4O2S. The van der Waals surface area contributed by atoms with Gasteiger partial charge in [0.05, 0.1) is 11.1 Å². The van der Waals surface area contributed by atoms with Gasteiger partial charge in [0.1, 0.15) is 11.5 Å². The molecule has 0 spiro atoms. The van der Waals surface area contributed by atoms with Crippen LogP contribution in [0.4, 0.5) is 4.39 Å². The van der Waals surface area contributed by atoms with Gasteiger partial charge in [0.15, 0.2) is 0 Å². The highest BCUT2D eigenvalue weighted by Crippen LogP contribution is 2.18. The number of rotatable bonds is 7. The molecule has 0 saturated carbocycles. The molecule has 0 unspecified atom stereocenters. The van der Waals surface area contributed by atoms with E-state index in [9.17, 15) is 12.8 Å². The predicted octanol–water partition coefficient (Wildman–Crippen LogP) is 1.21. The van der Waals surface area contributed by atoms with Crippen LogP contribution in [0.15, 0.2) is 35.5 Å². The van der Waals surface area contributed by atoms with Crippen molar-refractivity contribution in [3.63, 3.8) is 0 Å². The molecule has 2 N–H and O–H groups in total. The van der Waals surface area contributed by atoms with Gasteiger partial charge in [0.25, 0.3) is 0 Å². The number of nitrogens with zero attached hydrogens (tertiary/aromatic N) is 2. The Hall–Kier alpha value is -1.77. The highest BCUT2D eigenvalue weighted by Gasteiger charge is 2.16. The maximum atomic E-state index is 14.2. The van der Waals surface area contributed by atoms with Crippen LogP contribution in [0.25, 0.3) is 5.69 Å². The minimum Gasteiger partial charge on any atom is -0.320 e. The van der Waals surface area contributed by atoms with Gasteiger partial charge in [-0.15, -0.1) is 0 Å². The summed E-state index contributed by atoms with van der Waals surface area (Å²) >= 11 is 0. The van der Waals surface area contributed by atoms with E-state index in [0.717, 1.165) is 11.6 Å². The topological polar surface area (TPSA) is 76.0 Å². The molecule has 8 heteroatoms. The van der Waals surface area contributed by atoms with Crippen molar-refractivity contribution in [3.8, 4) is 5.69 Å². The summed E-state index contributed by atoms with van der Waals surface area (Å²) in [7, 11) is -1.91. The van der Waals surface area contributed by atoms with Crippen LogP contribution in [-0.2, 0) is 10.0 Å². The second-order valence-electron chi connectivity index (χ2n) is 4.93. The molecule has 0 aliphatic carbocycles. The zero-order chi connectivity index (χ0) is 16.2.